The maximum absolute atomic E-state index is 12.4. The van der Waals surface area contributed by atoms with Crippen LogP contribution < -0.4 is 4.74 Å². The summed E-state index contributed by atoms with van der Waals surface area (Å²) in [5, 5.41) is 10.8. The molecule has 0 fully saturated rings. The molecule has 0 bridgehead atoms. The standard InChI is InChI=1S/C24H17NO7/c1-31-23(27)18-8-5-16(6-9-18)7-14-22(26)17-10-12-21(13-11-17)32-24(28)19-3-2-4-20(15-19)25(29)30/h2-15H,1H3/b14-7+. The molecule has 0 aliphatic heterocycles. The van der Waals surface area contributed by atoms with Crippen LogP contribution in [0.5, 0.6) is 5.75 Å². The quantitative estimate of drug-likeness (QED) is 0.135. The highest BCUT2D eigenvalue weighted by Crippen LogP contribution is 2.18. The highest BCUT2D eigenvalue weighted by molar-refractivity contribution is 6.07. The van der Waals surface area contributed by atoms with Crippen molar-refractivity contribution in [1.82, 2.24) is 0 Å². The van der Waals surface area contributed by atoms with E-state index in [1.54, 1.807) is 30.3 Å². The second-order valence-electron chi connectivity index (χ2n) is 6.53. The molecule has 0 aliphatic carbocycles. The minimum absolute atomic E-state index is 0.0421. The highest BCUT2D eigenvalue weighted by Gasteiger charge is 2.14. The molecule has 0 atom stereocenters. The van der Waals surface area contributed by atoms with Gasteiger partial charge in [0.25, 0.3) is 5.69 Å². The van der Waals surface area contributed by atoms with E-state index in [0.717, 1.165) is 11.6 Å². The monoisotopic (exact) mass is 431 g/mol. The van der Waals surface area contributed by atoms with Gasteiger partial charge < -0.3 is 9.47 Å². The SMILES string of the molecule is COC(=O)c1ccc(/C=C/C(=O)c2ccc(OC(=O)c3cccc([N+](=O)[O-])c3)cc2)cc1. The van der Waals surface area contributed by atoms with Crippen molar-refractivity contribution in [3.8, 4) is 5.75 Å². The number of carbonyl (C=O) groups excluding carboxylic acids is 3. The van der Waals surface area contributed by atoms with E-state index in [1.165, 1.54) is 55.7 Å². The van der Waals surface area contributed by atoms with E-state index in [0.29, 0.717) is 11.1 Å². The number of benzene rings is 3. The van der Waals surface area contributed by atoms with Crippen molar-refractivity contribution < 1.29 is 28.8 Å². The number of nitrogens with zero attached hydrogens (tertiary/aromatic N) is 1. The maximum Gasteiger partial charge on any atom is 0.343 e. The van der Waals surface area contributed by atoms with Crippen molar-refractivity contribution in [2.24, 2.45) is 0 Å². The summed E-state index contributed by atoms with van der Waals surface area (Å²) in [6.07, 6.45) is 3.00. The first-order valence-electron chi connectivity index (χ1n) is 9.35. The number of ether oxygens (including phenoxy) is 2. The Bertz CT molecular complexity index is 1200. The summed E-state index contributed by atoms with van der Waals surface area (Å²) in [4.78, 5) is 46.2. The minimum atomic E-state index is -0.747. The third-order valence-electron chi connectivity index (χ3n) is 4.40. The molecule has 0 spiro atoms. The van der Waals surface area contributed by atoms with E-state index in [9.17, 15) is 24.5 Å². The number of nitro benzene ring substituents is 1. The number of ketones is 1. The molecule has 3 rings (SSSR count). The molecular formula is C24H17NO7. The predicted molar refractivity (Wildman–Crippen MR) is 116 cm³/mol. The number of methoxy groups -OCH3 is 1. The smallest absolute Gasteiger partial charge is 0.343 e. The normalized spacial score (nSPS) is 10.5. The average Bonchev–Trinajstić information content (AvgIpc) is 2.82. The van der Waals surface area contributed by atoms with Crippen molar-refractivity contribution in [1.29, 1.82) is 0 Å². The zero-order valence-electron chi connectivity index (χ0n) is 16.9. The van der Waals surface area contributed by atoms with Gasteiger partial charge in [0.05, 0.1) is 23.2 Å². The summed E-state index contributed by atoms with van der Waals surface area (Å²) < 4.78 is 9.85. The van der Waals surface area contributed by atoms with Gasteiger partial charge in [-0.3, -0.25) is 14.9 Å². The summed E-state index contributed by atoms with van der Waals surface area (Å²) in [6.45, 7) is 0. The summed E-state index contributed by atoms with van der Waals surface area (Å²) in [6, 6.07) is 17.7. The Balaban J connectivity index is 1.63. The maximum atomic E-state index is 12.4. The van der Waals surface area contributed by atoms with E-state index in [-0.39, 0.29) is 22.8 Å². The van der Waals surface area contributed by atoms with Crippen LogP contribution in [0.3, 0.4) is 0 Å². The van der Waals surface area contributed by atoms with Gasteiger partial charge in [-0.15, -0.1) is 0 Å². The topological polar surface area (TPSA) is 113 Å². The average molecular weight is 431 g/mol. The summed E-state index contributed by atoms with van der Waals surface area (Å²) in [7, 11) is 1.30. The fourth-order valence-corrected chi connectivity index (χ4v) is 2.72. The molecule has 0 heterocycles. The number of hydrogen-bond donors (Lipinski definition) is 0. The highest BCUT2D eigenvalue weighted by atomic mass is 16.6. The van der Waals surface area contributed by atoms with Crippen LogP contribution in [-0.4, -0.2) is 29.8 Å². The van der Waals surface area contributed by atoms with Gasteiger partial charge >= 0.3 is 11.9 Å². The molecular weight excluding hydrogens is 414 g/mol. The fraction of sp³-hybridized carbons (Fsp3) is 0.0417. The van der Waals surface area contributed by atoms with Crippen LogP contribution in [0.15, 0.2) is 78.9 Å². The van der Waals surface area contributed by atoms with Crippen LogP contribution >= 0.6 is 0 Å². The number of allylic oxidation sites excluding steroid dienone is 1. The molecule has 8 heteroatoms. The van der Waals surface area contributed by atoms with Gasteiger partial charge in [-0.05, 0) is 54.1 Å². The van der Waals surface area contributed by atoms with Crippen molar-refractivity contribution in [3.63, 3.8) is 0 Å². The Labute approximate surface area is 182 Å². The number of rotatable bonds is 7. The summed E-state index contributed by atoms with van der Waals surface area (Å²) >= 11 is 0. The van der Waals surface area contributed by atoms with Crippen molar-refractivity contribution in [2.45, 2.75) is 0 Å². The predicted octanol–water partition coefficient (Wildman–Crippen LogP) is 4.50. The number of esters is 2. The molecule has 0 radical (unpaired) electrons. The number of hydrogen-bond acceptors (Lipinski definition) is 7. The Hall–Kier alpha value is -4.59. The van der Waals surface area contributed by atoms with E-state index < -0.39 is 16.9 Å². The van der Waals surface area contributed by atoms with Gasteiger partial charge in [-0.2, -0.15) is 0 Å². The van der Waals surface area contributed by atoms with E-state index in [1.807, 2.05) is 0 Å². The molecule has 3 aromatic rings. The van der Waals surface area contributed by atoms with Crippen LogP contribution in [0.4, 0.5) is 5.69 Å². The van der Waals surface area contributed by atoms with Crippen molar-refractivity contribution >= 4 is 29.5 Å². The molecule has 0 N–H and O–H groups in total. The van der Waals surface area contributed by atoms with Crippen LogP contribution in [0, 0.1) is 10.1 Å². The van der Waals surface area contributed by atoms with Gasteiger partial charge in [0.15, 0.2) is 5.78 Å². The number of carbonyl (C=O) groups is 3. The van der Waals surface area contributed by atoms with Gasteiger partial charge in [-0.1, -0.05) is 24.3 Å². The summed E-state index contributed by atoms with van der Waals surface area (Å²) in [5.41, 5.74) is 1.34. The number of non-ortho nitro benzene ring substituents is 1. The fourth-order valence-electron chi connectivity index (χ4n) is 2.72. The van der Waals surface area contributed by atoms with Crippen LogP contribution in [-0.2, 0) is 4.74 Å². The Morgan fingerprint density at radius 1 is 0.844 bits per heavy atom. The van der Waals surface area contributed by atoms with Gasteiger partial charge in [0.1, 0.15) is 5.75 Å². The second kappa shape index (κ2) is 9.94. The zero-order valence-corrected chi connectivity index (χ0v) is 16.9. The Kier molecular flexibility index (Phi) is 6.87. The molecule has 0 unspecified atom stereocenters. The molecule has 0 aromatic heterocycles. The van der Waals surface area contributed by atoms with Crippen LogP contribution in [0.25, 0.3) is 6.08 Å². The molecule has 0 saturated heterocycles. The van der Waals surface area contributed by atoms with Crippen molar-refractivity contribution in [2.75, 3.05) is 7.11 Å². The van der Waals surface area contributed by atoms with E-state index >= 15 is 0 Å². The third-order valence-corrected chi connectivity index (χ3v) is 4.40. The Morgan fingerprint density at radius 2 is 1.50 bits per heavy atom. The van der Waals surface area contributed by atoms with Crippen LogP contribution in [0.1, 0.15) is 36.6 Å². The molecule has 0 amide bonds. The summed E-state index contributed by atoms with van der Waals surface area (Å²) in [5.74, 6) is -1.26. The zero-order chi connectivity index (χ0) is 23.1. The molecule has 0 aliphatic rings. The first-order valence-corrected chi connectivity index (χ1v) is 9.35. The van der Waals surface area contributed by atoms with Gasteiger partial charge in [0, 0.05) is 17.7 Å². The molecule has 0 saturated carbocycles. The van der Waals surface area contributed by atoms with Crippen molar-refractivity contribution in [3.05, 3.63) is 111 Å². The lowest BCUT2D eigenvalue weighted by atomic mass is 10.1. The first kappa shape index (κ1) is 22.1. The van der Waals surface area contributed by atoms with E-state index in [4.69, 9.17) is 4.74 Å². The first-order chi connectivity index (χ1) is 15.4. The Morgan fingerprint density at radius 3 is 2.12 bits per heavy atom. The van der Waals surface area contributed by atoms with Gasteiger partial charge in [0.2, 0.25) is 0 Å². The molecule has 160 valence electrons. The lowest BCUT2D eigenvalue weighted by Crippen LogP contribution is -2.09. The lowest BCUT2D eigenvalue weighted by Gasteiger charge is -2.05. The van der Waals surface area contributed by atoms with Crippen LogP contribution in [0.2, 0.25) is 0 Å². The molecule has 32 heavy (non-hydrogen) atoms. The molecule has 8 nitrogen and oxygen atoms in total. The second-order valence-corrected chi connectivity index (χ2v) is 6.53. The van der Waals surface area contributed by atoms with E-state index in [2.05, 4.69) is 4.74 Å². The van der Waals surface area contributed by atoms with Gasteiger partial charge in [-0.25, -0.2) is 9.59 Å². The largest absolute Gasteiger partial charge is 0.465 e. The minimum Gasteiger partial charge on any atom is -0.465 e. The lowest BCUT2D eigenvalue weighted by molar-refractivity contribution is -0.384. The molecule has 3 aromatic carbocycles. The number of nitro groups is 1. The third kappa shape index (κ3) is 5.51.